The van der Waals surface area contributed by atoms with Crippen LogP contribution in [0, 0.1) is 5.82 Å². The van der Waals surface area contributed by atoms with Gasteiger partial charge in [0.05, 0.1) is 5.56 Å². The van der Waals surface area contributed by atoms with E-state index in [9.17, 15) is 27.5 Å². The van der Waals surface area contributed by atoms with Gasteiger partial charge in [0.1, 0.15) is 11.9 Å². The van der Waals surface area contributed by atoms with Gasteiger partial charge in [-0.15, -0.1) is 0 Å². The number of halogens is 4. The highest BCUT2D eigenvalue weighted by Crippen LogP contribution is 2.32. The Morgan fingerprint density at radius 2 is 1.67 bits per heavy atom. The number of aliphatic hydroxyl groups is 1. The Hall–Kier alpha value is -2.21. The molecule has 1 N–H and O–H groups in total. The first kappa shape index (κ1) is 15.2. The van der Waals surface area contributed by atoms with Crippen molar-refractivity contribution in [3.63, 3.8) is 0 Å². The van der Waals surface area contributed by atoms with Crippen molar-refractivity contribution in [1.82, 2.24) is 0 Å². The molecule has 0 heterocycles. The van der Waals surface area contributed by atoms with E-state index in [-0.39, 0.29) is 5.56 Å². The van der Waals surface area contributed by atoms with Crippen LogP contribution < -0.4 is 0 Å². The molecule has 2 nitrogen and oxygen atoms in total. The van der Waals surface area contributed by atoms with E-state index in [2.05, 4.69) is 0 Å². The van der Waals surface area contributed by atoms with Crippen LogP contribution in [0.25, 0.3) is 0 Å². The summed E-state index contributed by atoms with van der Waals surface area (Å²) in [6.45, 7) is 0. The lowest BCUT2D eigenvalue weighted by atomic mass is 9.98. The second-order valence-electron chi connectivity index (χ2n) is 4.37. The van der Waals surface area contributed by atoms with E-state index in [4.69, 9.17) is 0 Å². The molecule has 0 aliphatic carbocycles. The summed E-state index contributed by atoms with van der Waals surface area (Å²) in [5.41, 5.74) is -1.69. The first-order chi connectivity index (χ1) is 9.80. The number of ketones is 1. The van der Waals surface area contributed by atoms with Crippen LogP contribution in [0.2, 0.25) is 0 Å². The fraction of sp³-hybridized carbons (Fsp3) is 0.133. The zero-order chi connectivity index (χ0) is 15.6. The van der Waals surface area contributed by atoms with Crippen molar-refractivity contribution < 1.29 is 27.5 Å². The quantitative estimate of drug-likeness (QED) is 0.692. The van der Waals surface area contributed by atoms with Crippen LogP contribution in [-0.4, -0.2) is 10.9 Å². The maximum absolute atomic E-state index is 13.2. The molecule has 2 aromatic rings. The molecule has 0 aliphatic rings. The molecule has 0 saturated carbocycles. The van der Waals surface area contributed by atoms with Crippen molar-refractivity contribution in [2.45, 2.75) is 12.3 Å². The summed E-state index contributed by atoms with van der Waals surface area (Å²) in [5, 5.41) is 9.88. The lowest BCUT2D eigenvalue weighted by molar-refractivity contribution is -0.140. The second-order valence-corrected chi connectivity index (χ2v) is 4.37. The number of benzene rings is 2. The van der Waals surface area contributed by atoms with Gasteiger partial charge >= 0.3 is 6.18 Å². The third-order valence-electron chi connectivity index (χ3n) is 2.92. The molecule has 2 aromatic carbocycles. The third-order valence-corrected chi connectivity index (χ3v) is 2.92. The van der Waals surface area contributed by atoms with E-state index in [1.807, 2.05) is 0 Å². The number of aliphatic hydroxyl groups excluding tert-OH is 1. The molecule has 1 unspecified atom stereocenters. The van der Waals surface area contributed by atoms with Crippen molar-refractivity contribution in [3.8, 4) is 0 Å². The first-order valence-corrected chi connectivity index (χ1v) is 5.94. The van der Waals surface area contributed by atoms with Crippen LogP contribution in [0.4, 0.5) is 17.6 Å². The molecule has 0 radical (unpaired) electrons. The van der Waals surface area contributed by atoms with Crippen molar-refractivity contribution in [1.29, 1.82) is 0 Å². The molecule has 110 valence electrons. The van der Waals surface area contributed by atoms with Gasteiger partial charge in [0, 0.05) is 5.56 Å². The normalized spacial score (nSPS) is 13.0. The Morgan fingerprint density at radius 1 is 1.05 bits per heavy atom. The molecule has 2 rings (SSSR count). The zero-order valence-corrected chi connectivity index (χ0v) is 10.6. The highest BCUT2D eigenvalue weighted by Gasteiger charge is 2.35. The molecular weight excluding hydrogens is 288 g/mol. The standard InChI is InChI=1S/C15H10F4O2/c16-12-7-6-10(8-11(12)15(17,18)19)14(21)13(20)9-4-2-1-3-5-9/h1-8,13,20H. The van der Waals surface area contributed by atoms with E-state index in [0.717, 1.165) is 6.07 Å². The molecule has 0 bridgehead atoms. The SMILES string of the molecule is O=C(c1ccc(F)c(C(F)(F)F)c1)C(O)c1ccccc1. The second kappa shape index (κ2) is 5.65. The molecular formula is C15H10F4O2. The van der Waals surface area contributed by atoms with Gasteiger partial charge in [0.25, 0.3) is 0 Å². The van der Waals surface area contributed by atoms with Crippen molar-refractivity contribution in [3.05, 3.63) is 71.0 Å². The number of Topliss-reactive ketones (excluding diaryl/α,β-unsaturated/α-hetero) is 1. The Labute approximate surface area is 117 Å². The van der Waals surface area contributed by atoms with Crippen molar-refractivity contribution >= 4 is 5.78 Å². The number of alkyl halides is 3. The fourth-order valence-corrected chi connectivity index (χ4v) is 1.84. The van der Waals surface area contributed by atoms with Gasteiger partial charge in [0.15, 0.2) is 5.78 Å². The smallest absolute Gasteiger partial charge is 0.380 e. The van der Waals surface area contributed by atoms with Crippen LogP contribution in [0.3, 0.4) is 0 Å². The predicted molar refractivity (Wildman–Crippen MR) is 67.1 cm³/mol. The highest BCUT2D eigenvalue weighted by molar-refractivity contribution is 6.00. The minimum absolute atomic E-state index is 0.250. The average molecular weight is 298 g/mol. The number of hydrogen-bond donors (Lipinski definition) is 1. The van der Waals surface area contributed by atoms with Gasteiger partial charge < -0.3 is 5.11 Å². The Balaban J connectivity index is 2.36. The van der Waals surface area contributed by atoms with Gasteiger partial charge in [-0.3, -0.25) is 4.79 Å². The summed E-state index contributed by atoms with van der Waals surface area (Å²) >= 11 is 0. The summed E-state index contributed by atoms with van der Waals surface area (Å²) in [6.07, 6.45) is -6.50. The summed E-state index contributed by atoms with van der Waals surface area (Å²) in [7, 11) is 0. The van der Waals surface area contributed by atoms with Gasteiger partial charge in [-0.2, -0.15) is 13.2 Å². The molecule has 0 aliphatic heterocycles. The largest absolute Gasteiger partial charge is 0.419 e. The molecule has 0 saturated heterocycles. The maximum Gasteiger partial charge on any atom is 0.419 e. The number of rotatable bonds is 3. The number of carbonyl (C=O) groups is 1. The fourth-order valence-electron chi connectivity index (χ4n) is 1.84. The monoisotopic (exact) mass is 298 g/mol. The molecule has 0 amide bonds. The first-order valence-electron chi connectivity index (χ1n) is 5.94. The van der Waals surface area contributed by atoms with E-state index >= 15 is 0 Å². The molecule has 0 fully saturated rings. The topological polar surface area (TPSA) is 37.3 Å². The van der Waals surface area contributed by atoms with Crippen LogP contribution in [-0.2, 0) is 6.18 Å². The summed E-state index contributed by atoms with van der Waals surface area (Å²) in [4.78, 5) is 12.0. The minimum atomic E-state index is -4.90. The van der Waals surface area contributed by atoms with E-state index < -0.39 is 35.0 Å². The van der Waals surface area contributed by atoms with E-state index in [1.54, 1.807) is 18.2 Å². The molecule has 0 aromatic heterocycles. The molecule has 6 heteroatoms. The zero-order valence-electron chi connectivity index (χ0n) is 10.6. The number of carbonyl (C=O) groups excluding carboxylic acids is 1. The molecule has 21 heavy (non-hydrogen) atoms. The van der Waals surface area contributed by atoms with Crippen LogP contribution in [0.5, 0.6) is 0 Å². The third kappa shape index (κ3) is 3.28. The summed E-state index contributed by atoms with van der Waals surface area (Å²) < 4.78 is 51.0. The van der Waals surface area contributed by atoms with Crippen LogP contribution in [0.1, 0.15) is 27.6 Å². The van der Waals surface area contributed by atoms with Crippen LogP contribution in [0.15, 0.2) is 48.5 Å². The summed E-state index contributed by atoms with van der Waals surface area (Å²) in [6, 6.07) is 9.65. The van der Waals surface area contributed by atoms with Gasteiger partial charge in [0.2, 0.25) is 0 Å². The van der Waals surface area contributed by atoms with E-state index in [0.29, 0.717) is 12.1 Å². The average Bonchev–Trinajstić information content (AvgIpc) is 2.46. The van der Waals surface area contributed by atoms with Crippen LogP contribution >= 0.6 is 0 Å². The lowest BCUT2D eigenvalue weighted by Crippen LogP contribution is -2.15. The van der Waals surface area contributed by atoms with Gasteiger partial charge in [-0.25, -0.2) is 4.39 Å². The summed E-state index contributed by atoms with van der Waals surface area (Å²) in [5.74, 6) is -2.39. The van der Waals surface area contributed by atoms with Gasteiger partial charge in [-0.05, 0) is 23.8 Å². The Morgan fingerprint density at radius 3 is 2.24 bits per heavy atom. The van der Waals surface area contributed by atoms with Crippen molar-refractivity contribution in [2.24, 2.45) is 0 Å². The Bertz CT molecular complexity index is 650. The predicted octanol–water partition coefficient (Wildman–Crippen LogP) is 3.76. The lowest BCUT2D eigenvalue weighted by Gasteiger charge is -2.12. The molecule has 1 atom stereocenters. The molecule has 0 spiro atoms. The van der Waals surface area contributed by atoms with Gasteiger partial charge in [-0.1, -0.05) is 30.3 Å². The minimum Gasteiger partial charge on any atom is -0.380 e. The highest BCUT2D eigenvalue weighted by atomic mass is 19.4. The Kier molecular flexibility index (Phi) is 4.09. The number of hydrogen-bond acceptors (Lipinski definition) is 2. The maximum atomic E-state index is 13.2. The van der Waals surface area contributed by atoms with Crippen molar-refractivity contribution in [2.75, 3.05) is 0 Å². The van der Waals surface area contributed by atoms with E-state index in [1.165, 1.54) is 12.1 Å².